The Labute approximate surface area is 113 Å². The molecule has 3 atom stereocenters. The summed E-state index contributed by atoms with van der Waals surface area (Å²) in [6, 6.07) is 1.21. The lowest BCUT2D eigenvalue weighted by Crippen LogP contribution is -2.50. The minimum absolute atomic E-state index is 0.601. The number of hydrogen-bond acceptors (Lipinski definition) is 4. The van der Waals surface area contributed by atoms with Gasteiger partial charge in [-0.15, -0.1) is 0 Å². The molecule has 0 bridgehead atoms. The SMILES string of the molecule is CCN(CC1COCCC1NC)C(C)CN(C)C. The van der Waals surface area contributed by atoms with Gasteiger partial charge in [-0.05, 0) is 41.0 Å². The van der Waals surface area contributed by atoms with Crippen molar-refractivity contribution >= 4 is 0 Å². The van der Waals surface area contributed by atoms with Gasteiger partial charge in [0, 0.05) is 37.7 Å². The number of nitrogens with one attached hydrogen (secondary N) is 1. The van der Waals surface area contributed by atoms with Crippen molar-refractivity contribution in [2.75, 3.05) is 54.0 Å². The highest BCUT2D eigenvalue weighted by Gasteiger charge is 2.27. The zero-order chi connectivity index (χ0) is 13.5. The summed E-state index contributed by atoms with van der Waals surface area (Å²) in [5.74, 6) is 0.619. The van der Waals surface area contributed by atoms with Crippen molar-refractivity contribution in [3.05, 3.63) is 0 Å². The first-order valence-electron chi connectivity index (χ1n) is 7.22. The maximum Gasteiger partial charge on any atom is 0.0521 e. The molecule has 0 aliphatic carbocycles. The quantitative estimate of drug-likeness (QED) is 0.733. The molecule has 0 saturated carbocycles. The molecule has 3 unspecified atom stereocenters. The molecular formula is C14H31N3O. The zero-order valence-electron chi connectivity index (χ0n) is 12.8. The van der Waals surface area contributed by atoms with E-state index in [1.807, 2.05) is 0 Å². The summed E-state index contributed by atoms with van der Waals surface area (Å²) in [6.45, 7) is 9.74. The number of nitrogens with zero attached hydrogens (tertiary/aromatic N) is 2. The van der Waals surface area contributed by atoms with Gasteiger partial charge in [0.1, 0.15) is 0 Å². The monoisotopic (exact) mass is 257 g/mol. The molecule has 0 spiro atoms. The third-order valence-corrected chi connectivity index (χ3v) is 3.97. The van der Waals surface area contributed by atoms with Crippen molar-refractivity contribution in [3.63, 3.8) is 0 Å². The van der Waals surface area contributed by atoms with Crippen LogP contribution in [0.25, 0.3) is 0 Å². The van der Waals surface area contributed by atoms with Crippen molar-refractivity contribution in [1.29, 1.82) is 0 Å². The first kappa shape index (κ1) is 15.9. The lowest BCUT2D eigenvalue weighted by atomic mass is 9.95. The van der Waals surface area contributed by atoms with E-state index in [4.69, 9.17) is 4.74 Å². The van der Waals surface area contributed by atoms with Crippen molar-refractivity contribution in [3.8, 4) is 0 Å². The smallest absolute Gasteiger partial charge is 0.0521 e. The Morgan fingerprint density at radius 2 is 2.11 bits per heavy atom. The number of likely N-dealkylation sites (N-methyl/N-ethyl adjacent to an activating group) is 2. The molecule has 1 saturated heterocycles. The highest BCUT2D eigenvalue weighted by molar-refractivity contribution is 4.82. The van der Waals surface area contributed by atoms with Crippen molar-refractivity contribution in [1.82, 2.24) is 15.1 Å². The molecule has 4 nitrogen and oxygen atoms in total. The number of rotatable bonds is 7. The first-order chi connectivity index (χ1) is 8.58. The van der Waals surface area contributed by atoms with Crippen LogP contribution in [0.1, 0.15) is 20.3 Å². The molecule has 0 aromatic heterocycles. The van der Waals surface area contributed by atoms with E-state index < -0.39 is 0 Å². The fourth-order valence-corrected chi connectivity index (χ4v) is 2.92. The summed E-state index contributed by atoms with van der Waals surface area (Å²) in [7, 11) is 6.36. The second-order valence-corrected chi connectivity index (χ2v) is 5.72. The zero-order valence-corrected chi connectivity index (χ0v) is 12.8. The Hall–Kier alpha value is -0.160. The Morgan fingerprint density at radius 3 is 2.67 bits per heavy atom. The molecule has 1 heterocycles. The van der Waals surface area contributed by atoms with E-state index in [0.29, 0.717) is 18.0 Å². The maximum absolute atomic E-state index is 5.64. The molecule has 4 heteroatoms. The van der Waals surface area contributed by atoms with E-state index in [9.17, 15) is 0 Å². The van der Waals surface area contributed by atoms with E-state index in [0.717, 1.165) is 39.3 Å². The van der Waals surface area contributed by atoms with Crippen LogP contribution < -0.4 is 5.32 Å². The van der Waals surface area contributed by atoms with Gasteiger partial charge in [0.2, 0.25) is 0 Å². The van der Waals surface area contributed by atoms with Crippen LogP contribution in [0.3, 0.4) is 0 Å². The van der Waals surface area contributed by atoms with Gasteiger partial charge in [0.05, 0.1) is 6.61 Å². The molecule has 108 valence electrons. The van der Waals surface area contributed by atoms with E-state index in [1.165, 1.54) is 0 Å². The average Bonchev–Trinajstić information content (AvgIpc) is 2.35. The van der Waals surface area contributed by atoms with Crippen molar-refractivity contribution in [2.24, 2.45) is 5.92 Å². The van der Waals surface area contributed by atoms with Crippen molar-refractivity contribution < 1.29 is 4.74 Å². The Balaban J connectivity index is 2.49. The van der Waals surface area contributed by atoms with Crippen LogP contribution in [0, 0.1) is 5.92 Å². The topological polar surface area (TPSA) is 27.7 Å². The largest absolute Gasteiger partial charge is 0.381 e. The Kier molecular flexibility index (Phi) is 7.15. The van der Waals surface area contributed by atoms with Gasteiger partial charge >= 0.3 is 0 Å². The highest BCUT2D eigenvalue weighted by Crippen LogP contribution is 2.17. The minimum Gasteiger partial charge on any atom is -0.381 e. The normalized spacial score (nSPS) is 26.8. The average molecular weight is 257 g/mol. The predicted octanol–water partition coefficient (Wildman–Crippen LogP) is 0.883. The maximum atomic E-state index is 5.64. The van der Waals surface area contributed by atoms with E-state index >= 15 is 0 Å². The fourth-order valence-electron chi connectivity index (χ4n) is 2.92. The standard InChI is InChI=1S/C14H31N3O/c1-6-17(12(2)9-16(4)5)10-13-11-18-8-7-14(13)15-3/h12-15H,6-11H2,1-5H3. The van der Waals surface area contributed by atoms with Crippen LogP contribution in [-0.2, 0) is 4.74 Å². The van der Waals surface area contributed by atoms with E-state index in [-0.39, 0.29) is 0 Å². The molecule has 1 fully saturated rings. The van der Waals surface area contributed by atoms with Crippen LogP contribution in [-0.4, -0.2) is 75.9 Å². The summed E-state index contributed by atoms with van der Waals surface area (Å²) < 4.78 is 5.64. The van der Waals surface area contributed by atoms with Gasteiger partial charge in [-0.2, -0.15) is 0 Å². The predicted molar refractivity (Wildman–Crippen MR) is 77.0 cm³/mol. The number of ether oxygens (including phenoxy) is 1. The summed E-state index contributed by atoms with van der Waals surface area (Å²) in [6.07, 6.45) is 1.14. The molecule has 1 rings (SSSR count). The van der Waals surface area contributed by atoms with Gasteiger partial charge in [-0.25, -0.2) is 0 Å². The number of hydrogen-bond donors (Lipinski definition) is 1. The van der Waals surface area contributed by atoms with Crippen molar-refractivity contribution in [2.45, 2.75) is 32.4 Å². The second kappa shape index (κ2) is 8.10. The lowest BCUT2D eigenvalue weighted by molar-refractivity contribution is 0.0121. The summed E-state index contributed by atoms with van der Waals surface area (Å²) >= 11 is 0. The third-order valence-electron chi connectivity index (χ3n) is 3.97. The summed E-state index contributed by atoms with van der Waals surface area (Å²) in [5, 5.41) is 3.45. The van der Waals surface area contributed by atoms with Gasteiger partial charge < -0.3 is 15.0 Å². The van der Waals surface area contributed by atoms with E-state index in [2.05, 4.69) is 50.1 Å². The van der Waals surface area contributed by atoms with Gasteiger partial charge in [0.15, 0.2) is 0 Å². The molecule has 18 heavy (non-hydrogen) atoms. The molecule has 1 aliphatic heterocycles. The minimum atomic E-state index is 0.601. The molecule has 0 amide bonds. The molecule has 0 aromatic carbocycles. The summed E-state index contributed by atoms with van der Waals surface area (Å²) in [4.78, 5) is 4.84. The Bertz CT molecular complexity index is 223. The molecule has 1 N–H and O–H groups in total. The van der Waals surface area contributed by atoms with Gasteiger partial charge in [-0.3, -0.25) is 4.90 Å². The second-order valence-electron chi connectivity index (χ2n) is 5.72. The van der Waals surface area contributed by atoms with Crippen LogP contribution in [0.2, 0.25) is 0 Å². The van der Waals surface area contributed by atoms with Gasteiger partial charge in [0.25, 0.3) is 0 Å². The van der Waals surface area contributed by atoms with Crippen LogP contribution in [0.4, 0.5) is 0 Å². The Morgan fingerprint density at radius 1 is 1.39 bits per heavy atom. The van der Waals surface area contributed by atoms with Crippen LogP contribution in [0.5, 0.6) is 0 Å². The molecule has 0 radical (unpaired) electrons. The lowest BCUT2D eigenvalue weighted by Gasteiger charge is -2.38. The third kappa shape index (κ3) is 4.84. The van der Waals surface area contributed by atoms with Gasteiger partial charge in [-0.1, -0.05) is 6.92 Å². The van der Waals surface area contributed by atoms with E-state index in [1.54, 1.807) is 0 Å². The molecule has 0 aromatic rings. The van der Waals surface area contributed by atoms with Crippen LogP contribution >= 0.6 is 0 Å². The highest BCUT2D eigenvalue weighted by atomic mass is 16.5. The molecule has 1 aliphatic rings. The summed E-state index contributed by atoms with van der Waals surface area (Å²) in [5.41, 5.74) is 0. The first-order valence-corrected chi connectivity index (χ1v) is 7.22. The fraction of sp³-hybridized carbons (Fsp3) is 1.00. The van der Waals surface area contributed by atoms with Crippen LogP contribution in [0.15, 0.2) is 0 Å². The molecular weight excluding hydrogens is 226 g/mol.